The van der Waals surface area contributed by atoms with E-state index in [2.05, 4.69) is 20.4 Å². The first-order valence-corrected chi connectivity index (χ1v) is 10.2. The molecular formula is C22H19N5O2S. The first-order chi connectivity index (χ1) is 14.5. The third kappa shape index (κ3) is 4.08. The van der Waals surface area contributed by atoms with Gasteiger partial charge in [-0.25, -0.2) is 14.6 Å². The van der Waals surface area contributed by atoms with Crippen LogP contribution < -0.4 is 5.32 Å². The highest BCUT2D eigenvalue weighted by Crippen LogP contribution is 2.30. The molecule has 2 aromatic carbocycles. The lowest BCUT2D eigenvalue weighted by molar-refractivity contribution is -0.114. The van der Waals surface area contributed by atoms with E-state index < -0.39 is 0 Å². The Morgan fingerprint density at radius 3 is 2.47 bits per heavy atom. The third-order valence-electron chi connectivity index (χ3n) is 4.48. The molecule has 2 heterocycles. The van der Waals surface area contributed by atoms with Gasteiger partial charge in [-0.3, -0.25) is 9.59 Å². The second kappa shape index (κ2) is 8.46. The average molecular weight is 417 g/mol. The standard InChI is InChI=1S/C22H19N5O2S/c1-14(20(29)16-8-10-17(11-9-16)26-15(2)28)30-22-19-12-25-27(21(19)23-13-24-22)18-6-4-3-5-7-18/h3-14H,1-2H3,(H,26,28). The third-order valence-corrected chi connectivity index (χ3v) is 5.59. The number of thioether (sulfide) groups is 1. The monoisotopic (exact) mass is 417 g/mol. The van der Waals surface area contributed by atoms with Crippen molar-refractivity contribution in [2.75, 3.05) is 5.32 Å². The minimum absolute atomic E-state index is 0.0170. The zero-order chi connectivity index (χ0) is 21.1. The van der Waals surface area contributed by atoms with Crippen molar-refractivity contribution in [2.45, 2.75) is 24.1 Å². The molecule has 0 saturated carbocycles. The van der Waals surface area contributed by atoms with E-state index in [-0.39, 0.29) is 16.9 Å². The van der Waals surface area contributed by atoms with Crippen molar-refractivity contribution in [1.29, 1.82) is 0 Å². The maximum absolute atomic E-state index is 12.9. The number of ketones is 1. The summed E-state index contributed by atoms with van der Waals surface area (Å²) in [4.78, 5) is 32.8. The highest BCUT2D eigenvalue weighted by molar-refractivity contribution is 8.00. The second-order valence-corrected chi connectivity index (χ2v) is 8.02. The summed E-state index contributed by atoms with van der Waals surface area (Å²) >= 11 is 1.38. The fourth-order valence-electron chi connectivity index (χ4n) is 3.05. The van der Waals surface area contributed by atoms with E-state index in [9.17, 15) is 9.59 Å². The highest BCUT2D eigenvalue weighted by atomic mass is 32.2. The van der Waals surface area contributed by atoms with Gasteiger partial charge in [0.15, 0.2) is 11.4 Å². The van der Waals surface area contributed by atoms with Crippen molar-refractivity contribution >= 4 is 40.2 Å². The minimum Gasteiger partial charge on any atom is -0.326 e. The van der Waals surface area contributed by atoms with Gasteiger partial charge >= 0.3 is 0 Å². The Kier molecular flexibility index (Phi) is 5.58. The summed E-state index contributed by atoms with van der Waals surface area (Å²) in [5.74, 6) is -0.168. The lowest BCUT2D eigenvalue weighted by atomic mass is 10.1. The SMILES string of the molecule is CC(=O)Nc1ccc(C(=O)C(C)Sc2ncnc3c2cnn3-c2ccccc2)cc1. The summed E-state index contributed by atoms with van der Waals surface area (Å²) in [6.45, 7) is 3.30. The molecule has 30 heavy (non-hydrogen) atoms. The molecular weight excluding hydrogens is 398 g/mol. The number of hydrogen-bond donors (Lipinski definition) is 1. The number of fused-ring (bicyclic) bond motifs is 1. The fraction of sp³-hybridized carbons (Fsp3) is 0.136. The molecule has 0 aliphatic rings. The van der Waals surface area contributed by atoms with Crippen molar-refractivity contribution in [3.63, 3.8) is 0 Å². The molecule has 0 bridgehead atoms. The van der Waals surface area contributed by atoms with Gasteiger partial charge in [-0.1, -0.05) is 30.0 Å². The topological polar surface area (TPSA) is 89.8 Å². The van der Waals surface area contributed by atoms with E-state index in [1.807, 2.05) is 37.3 Å². The number of nitrogens with one attached hydrogen (secondary N) is 1. The van der Waals surface area contributed by atoms with Gasteiger partial charge in [0.2, 0.25) is 5.91 Å². The van der Waals surface area contributed by atoms with Gasteiger partial charge in [0.25, 0.3) is 0 Å². The van der Waals surface area contributed by atoms with Gasteiger partial charge in [-0.15, -0.1) is 0 Å². The Morgan fingerprint density at radius 2 is 1.77 bits per heavy atom. The zero-order valence-corrected chi connectivity index (χ0v) is 17.3. The molecule has 1 amide bonds. The van der Waals surface area contributed by atoms with Gasteiger partial charge in [0.1, 0.15) is 11.4 Å². The van der Waals surface area contributed by atoms with Crippen LogP contribution >= 0.6 is 11.8 Å². The highest BCUT2D eigenvalue weighted by Gasteiger charge is 2.20. The summed E-state index contributed by atoms with van der Waals surface area (Å²) in [5, 5.41) is 8.30. The number of Topliss-reactive ketones (excluding diaryl/α,β-unsaturated/α-hetero) is 1. The minimum atomic E-state index is -0.352. The van der Waals surface area contributed by atoms with Crippen LogP contribution in [0, 0.1) is 0 Å². The van der Waals surface area contributed by atoms with Crippen molar-refractivity contribution in [2.24, 2.45) is 0 Å². The number of amides is 1. The maximum Gasteiger partial charge on any atom is 0.221 e. The molecule has 4 rings (SSSR count). The first kappa shape index (κ1) is 19.8. The van der Waals surface area contributed by atoms with Crippen molar-refractivity contribution in [3.05, 3.63) is 72.7 Å². The van der Waals surface area contributed by atoms with Gasteiger partial charge in [-0.05, 0) is 43.3 Å². The van der Waals surface area contributed by atoms with E-state index in [1.54, 1.807) is 35.1 Å². The quantitative estimate of drug-likeness (QED) is 0.288. The number of para-hydroxylation sites is 1. The fourth-order valence-corrected chi connectivity index (χ4v) is 4.01. The van der Waals surface area contributed by atoms with Crippen LogP contribution in [0.15, 0.2) is 72.1 Å². The van der Waals surface area contributed by atoms with Crippen molar-refractivity contribution in [3.8, 4) is 5.69 Å². The van der Waals surface area contributed by atoms with E-state index >= 15 is 0 Å². The molecule has 0 aliphatic heterocycles. The summed E-state index contributed by atoms with van der Waals surface area (Å²) < 4.78 is 1.76. The Hall–Kier alpha value is -3.52. The van der Waals surface area contributed by atoms with Crippen LogP contribution in [0.5, 0.6) is 0 Å². The van der Waals surface area contributed by atoms with Crippen LogP contribution in [-0.2, 0) is 4.79 Å². The van der Waals surface area contributed by atoms with Crippen LogP contribution in [-0.4, -0.2) is 36.7 Å². The van der Waals surface area contributed by atoms with E-state index in [0.29, 0.717) is 21.9 Å². The van der Waals surface area contributed by atoms with Crippen molar-refractivity contribution < 1.29 is 9.59 Å². The zero-order valence-electron chi connectivity index (χ0n) is 16.4. The van der Waals surface area contributed by atoms with Gasteiger partial charge in [0.05, 0.1) is 22.5 Å². The summed E-state index contributed by atoms with van der Waals surface area (Å²) in [7, 11) is 0. The molecule has 0 radical (unpaired) electrons. The summed E-state index contributed by atoms with van der Waals surface area (Å²) in [5.41, 5.74) is 2.84. The number of rotatable bonds is 6. The number of benzene rings is 2. The van der Waals surface area contributed by atoms with Gasteiger partial charge in [-0.2, -0.15) is 5.10 Å². The molecule has 1 atom stereocenters. The number of hydrogen-bond acceptors (Lipinski definition) is 6. The van der Waals surface area contributed by atoms with Crippen LogP contribution in [0.4, 0.5) is 5.69 Å². The van der Waals surface area contributed by atoms with Crippen LogP contribution in [0.25, 0.3) is 16.7 Å². The predicted molar refractivity (Wildman–Crippen MR) is 117 cm³/mol. The molecule has 0 spiro atoms. The summed E-state index contributed by atoms with van der Waals surface area (Å²) in [6.07, 6.45) is 3.22. The largest absolute Gasteiger partial charge is 0.326 e. The normalized spacial score (nSPS) is 11.9. The van der Waals surface area contributed by atoms with Gasteiger partial charge in [0, 0.05) is 18.2 Å². The van der Waals surface area contributed by atoms with E-state index in [4.69, 9.17) is 0 Å². The average Bonchev–Trinajstić information content (AvgIpc) is 3.19. The lowest BCUT2D eigenvalue weighted by Gasteiger charge is -2.11. The van der Waals surface area contributed by atoms with Crippen molar-refractivity contribution in [1.82, 2.24) is 19.7 Å². The van der Waals surface area contributed by atoms with E-state index in [0.717, 1.165) is 11.1 Å². The Morgan fingerprint density at radius 1 is 1.03 bits per heavy atom. The molecule has 0 fully saturated rings. The Bertz CT molecular complexity index is 1210. The van der Waals surface area contributed by atoms with E-state index in [1.165, 1.54) is 25.0 Å². The maximum atomic E-state index is 12.9. The van der Waals surface area contributed by atoms with Crippen LogP contribution in [0.3, 0.4) is 0 Å². The molecule has 1 N–H and O–H groups in total. The number of carbonyl (C=O) groups excluding carboxylic acids is 2. The Labute approximate surface area is 177 Å². The predicted octanol–water partition coefficient (Wildman–Crippen LogP) is 4.14. The smallest absolute Gasteiger partial charge is 0.221 e. The molecule has 4 aromatic rings. The van der Waals surface area contributed by atoms with Crippen LogP contribution in [0.1, 0.15) is 24.2 Å². The first-order valence-electron chi connectivity index (χ1n) is 9.35. The molecule has 0 saturated heterocycles. The molecule has 0 aliphatic carbocycles. The molecule has 2 aromatic heterocycles. The molecule has 150 valence electrons. The molecule has 1 unspecified atom stereocenters. The lowest BCUT2D eigenvalue weighted by Crippen LogP contribution is -2.14. The summed E-state index contributed by atoms with van der Waals surface area (Å²) in [6, 6.07) is 16.6. The number of anilines is 1. The van der Waals surface area contributed by atoms with Gasteiger partial charge < -0.3 is 5.32 Å². The molecule has 8 heteroatoms. The number of nitrogens with zero attached hydrogens (tertiary/aromatic N) is 4. The van der Waals surface area contributed by atoms with Crippen LogP contribution in [0.2, 0.25) is 0 Å². The second-order valence-electron chi connectivity index (χ2n) is 6.69. The number of aromatic nitrogens is 4. The molecule has 7 nitrogen and oxygen atoms in total. The Balaban J connectivity index is 1.56. The number of carbonyl (C=O) groups is 2.